The molecular formula is C11H19ClN2O. The third-order valence-corrected chi connectivity index (χ3v) is 3.18. The zero-order valence-electron chi connectivity index (χ0n) is 9.63. The van der Waals surface area contributed by atoms with Crippen LogP contribution in [-0.2, 0) is 13.5 Å². The second kappa shape index (κ2) is 5.52. The topological polar surface area (TPSA) is 38.1 Å². The van der Waals surface area contributed by atoms with Gasteiger partial charge in [-0.15, -0.1) is 0 Å². The Balaban J connectivity index is 2.50. The number of hydrogen-bond acceptors (Lipinski definition) is 2. The molecule has 1 atom stereocenters. The van der Waals surface area contributed by atoms with Gasteiger partial charge in [-0.1, -0.05) is 18.5 Å². The normalized spacial score (nSPS) is 13.1. The summed E-state index contributed by atoms with van der Waals surface area (Å²) in [6, 6.07) is 0. The Labute approximate surface area is 96.1 Å². The van der Waals surface area contributed by atoms with Crippen LogP contribution < -0.4 is 0 Å². The summed E-state index contributed by atoms with van der Waals surface area (Å²) < 4.78 is 1.83. The standard InChI is InChI=1S/C11H19ClN2O/c1-4-9(15)6-5-7-10-11(12)8(2)13-14(10)3/h9,15H,4-7H2,1-3H3. The molecule has 1 rings (SSSR count). The molecule has 0 aromatic carbocycles. The van der Waals surface area contributed by atoms with Gasteiger partial charge >= 0.3 is 0 Å². The number of aliphatic hydroxyl groups is 1. The molecule has 0 amide bonds. The summed E-state index contributed by atoms with van der Waals surface area (Å²) >= 11 is 6.12. The molecule has 0 aliphatic heterocycles. The van der Waals surface area contributed by atoms with Crippen molar-refractivity contribution in [2.75, 3.05) is 0 Å². The Bertz CT molecular complexity index is 323. The van der Waals surface area contributed by atoms with Crippen molar-refractivity contribution in [3.63, 3.8) is 0 Å². The first-order valence-electron chi connectivity index (χ1n) is 5.42. The number of aromatic nitrogens is 2. The first-order chi connectivity index (χ1) is 7.06. The summed E-state index contributed by atoms with van der Waals surface area (Å²) in [5, 5.41) is 14.4. The predicted molar refractivity (Wildman–Crippen MR) is 62.2 cm³/mol. The largest absolute Gasteiger partial charge is 0.393 e. The summed E-state index contributed by atoms with van der Waals surface area (Å²) in [6.07, 6.45) is 3.30. The average Bonchev–Trinajstić information content (AvgIpc) is 2.44. The fourth-order valence-electron chi connectivity index (χ4n) is 1.66. The van der Waals surface area contributed by atoms with Gasteiger partial charge in [0.15, 0.2) is 0 Å². The molecule has 1 unspecified atom stereocenters. The molecule has 4 heteroatoms. The third kappa shape index (κ3) is 3.21. The number of aryl methyl sites for hydroxylation is 2. The van der Waals surface area contributed by atoms with Gasteiger partial charge in [0, 0.05) is 7.05 Å². The number of hydrogen-bond donors (Lipinski definition) is 1. The van der Waals surface area contributed by atoms with Crippen molar-refractivity contribution < 1.29 is 5.11 Å². The average molecular weight is 231 g/mol. The van der Waals surface area contributed by atoms with Crippen molar-refractivity contribution in [2.24, 2.45) is 7.05 Å². The van der Waals surface area contributed by atoms with Crippen LogP contribution in [0.1, 0.15) is 37.6 Å². The molecule has 0 saturated heterocycles. The molecule has 1 heterocycles. The van der Waals surface area contributed by atoms with Crippen molar-refractivity contribution in [2.45, 2.75) is 45.6 Å². The maximum atomic E-state index is 9.42. The molecule has 3 nitrogen and oxygen atoms in total. The second-order valence-corrected chi connectivity index (χ2v) is 4.30. The SMILES string of the molecule is CCC(O)CCCc1c(Cl)c(C)nn1C. The van der Waals surface area contributed by atoms with E-state index >= 15 is 0 Å². The van der Waals surface area contributed by atoms with Crippen molar-refractivity contribution in [1.82, 2.24) is 9.78 Å². The number of halogens is 1. The Morgan fingerprint density at radius 3 is 2.67 bits per heavy atom. The number of nitrogens with zero attached hydrogens (tertiary/aromatic N) is 2. The lowest BCUT2D eigenvalue weighted by Gasteiger charge is -2.07. The second-order valence-electron chi connectivity index (χ2n) is 3.92. The van der Waals surface area contributed by atoms with E-state index in [4.69, 9.17) is 11.6 Å². The van der Waals surface area contributed by atoms with Gasteiger partial charge in [0.05, 0.1) is 22.5 Å². The van der Waals surface area contributed by atoms with Gasteiger partial charge in [-0.25, -0.2) is 0 Å². The van der Waals surface area contributed by atoms with Gasteiger partial charge in [0.25, 0.3) is 0 Å². The van der Waals surface area contributed by atoms with Crippen LogP contribution in [0.25, 0.3) is 0 Å². The van der Waals surface area contributed by atoms with E-state index in [0.29, 0.717) is 0 Å². The number of rotatable bonds is 5. The molecular weight excluding hydrogens is 212 g/mol. The van der Waals surface area contributed by atoms with Crippen LogP contribution >= 0.6 is 11.6 Å². The van der Waals surface area contributed by atoms with Crippen molar-refractivity contribution in [1.29, 1.82) is 0 Å². The highest BCUT2D eigenvalue weighted by Gasteiger charge is 2.11. The smallest absolute Gasteiger partial charge is 0.0846 e. The van der Waals surface area contributed by atoms with Crippen molar-refractivity contribution >= 4 is 11.6 Å². The Morgan fingerprint density at radius 2 is 2.20 bits per heavy atom. The van der Waals surface area contributed by atoms with Crippen LogP contribution in [0.4, 0.5) is 0 Å². The monoisotopic (exact) mass is 230 g/mol. The lowest BCUT2D eigenvalue weighted by molar-refractivity contribution is 0.157. The molecule has 15 heavy (non-hydrogen) atoms. The van der Waals surface area contributed by atoms with Crippen molar-refractivity contribution in [3.05, 3.63) is 16.4 Å². The summed E-state index contributed by atoms with van der Waals surface area (Å²) in [7, 11) is 1.91. The van der Waals surface area contributed by atoms with E-state index in [9.17, 15) is 5.11 Å². The summed E-state index contributed by atoms with van der Waals surface area (Å²) in [5.74, 6) is 0. The lowest BCUT2D eigenvalue weighted by atomic mass is 10.1. The Kier molecular flexibility index (Phi) is 4.61. The highest BCUT2D eigenvalue weighted by molar-refractivity contribution is 6.31. The fourth-order valence-corrected chi connectivity index (χ4v) is 1.92. The quantitative estimate of drug-likeness (QED) is 0.844. The van der Waals surface area contributed by atoms with E-state index in [-0.39, 0.29) is 6.10 Å². The first-order valence-corrected chi connectivity index (χ1v) is 5.80. The molecule has 0 aliphatic rings. The van der Waals surface area contributed by atoms with Crippen LogP contribution in [0, 0.1) is 6.92 Å². The van der Waals surface area contributed by atoms with Gasteiger partial charge in [0.2, 0.25) is 0 Å². The van der Waals surface area contributed by atoms with E-state index in [1.807, 2.05) is 25.6 Å². The zero-order chi connectivity index (χ0) is 11.4. The molecule has 1 aromatic rings. The number of aliphatic hydroxyl groups excluding tert-OH is 1. The molecule has 86 valence electrons. The maximum absolute atomic E-state index is 9.42. The van der Waals surface area contributed by atoms with Crippen LogP contribution in [0.2, 0.25) is 5.02 Å². The minimum absolute atomic E-state index is 0.182. The summed E-state index contributed by atoms with van der Waals surface area (Å²) in [4.78, 5) is 0. The van der Waals surface area contributed by atoms with Crippen LogP contribution in [0.3, 0.4) is 0 Å². The molecule has 1 N–H and O–H groups in total. The molecule has 0 fully saturated rings. The van der Waals surface area contributed by atoms with Crippen molar-refractivity contribution in [3.8, 4) is 0 Å². The van der Waals surface area contributed by atoms with Gasteiger partial charge in [-0.05, 0) is 32.6 Å². The van der Waals surface area contributed by atoms with E-state index in [0.717, 1.165) is 42.1 Å². The van der Waals surface area contributed by atoms with Crippen LogP contribution in [0.5, 0.6) is 0 Å². The van der Waals surface area contributed by atoms with Gasteiger partial charge in [-0.3, -0.25) is 4.68 Å². The first kappa shape index (κ1) is 12.5. The van der Waals surface area contributed by atoms with Gasteiger partial charge in [-0.2, -0.15) is 5.10 Å². The van der Waals surface area contributed by atoms with Crippen LogP contribution in [0.15, 0.2) is 0 Å². The molecule has 0 aliphatic carbocycles. The fraction of sp³-hybridized carbons (Fsp3) is 0.727. The predicted octanol–water partition coefficient (Wildman–Crippen LogP) is 2.48. The van der Waals surface area contributed by atoms with Crippen LogP contribution in [-0.4, -0.2) is 21.0 Å². The van der Waals surface area contributed by atoms with E-state index in [2.05, 4.69) is 5.10 Å². The van der Waals surface area contributed by atoms with E-state index in [1.165, 1.54) is 0 Å². The maximum Gasteiger partial charge on any atom is 0.0846 e. The van der Waals surface area contributed by atoms with Gasteiger partial charge in [0.1, 0.15) is 0 Å². The third-order valence-electron chi connectivity index (χ3n) is 2.68. The zero-order valence-corrected chi connectivity index (χ0v) is 10.4. The van der Waals surface area contributed by atoms with E-state index in [1.54, 1.807) is 0 Å². The minimum atomic E-state index is -0.182. The molecule has 0 radical (unpaired) electrons. The van der Waals surface area contributed by atoms with Gasteiger partial charge < -0.3 is 5.11 Å². The molecule has 0 bridgehead atoms. The summed E-state index contributed by atoms with van der Waals surface area (Å²) in [6.45, 7) is 3.90. The molecule has 0 spiro atoms. The molecule has 0 saturated carbocycles. The molecule has 1 aromatic heterocycles. The highest BCUT2D eigenvalue weighted by atomic mass is 35.5. The Morgan fingerprint density at radius 1 is 1.53 bits per heavy atom. The summed E-state index contributed by atoms with van der Waals surface area (Å²) in [5.41, 5.74) is 1.95. The lowest BCUT2D eigenvalue weighted by Crippen LogP contribution is -2.06. The highest BCUT2D eigenvalue weighted by Crippen LogP contribution is 2.21. The minimum Gasteiger partial charge on any atom is -0.393 e. The Hall–Kier alpha value is -0.540. The van der Waals surface area contributed by atoms with E-state index < -0.39 is 0 Å².